The van der Waals surface area contributed by atoms with Crippen LogP contribution in [0.3, 0.4) is 0 Å². The van der Waals surface area contributed by atoms with E-state index in [4.69, 9.17) is 10.8 Å². The van der Waals surface area contributed by atoms with Gasteiger partial charge in [0.15, 0.2) is 5.75 Å². The summed E-state index contributed by atoms with van der Waals surface area (Å²) < 4.78 is 36.8. The summed E-state index contributed by atoms with van der Waals surface area (Å²) in [6.45, 7) is 1.28. The lowest BCUT2D eigenvalue weighted by atomic mass is 10.1. The molecule has 0 unspecified atom stereocenters. The van der Waals surface area contributed by atoms with E-state index in [2.05, 4.69) is 4.18 Å². The Balaban J connectivity index is 3.35. The molecule has 0 saturated heterocycles. The molecular weight excluding hydrogens is 241 g/mol. The van der Waals surface area contributed by atoms with Crippen molar-refractivity contribution in [3.05, 3.63) is 23.3 Å². The molecule has 0 aliphatic rings. The van der Waals surface area contributed by atoms with Crippen molar-refractivity contribution in [2.45, 2.75) is 6.92 Å². The van der Waals surface area contributed by atoms with Crippen molar-refractivity contribution in [2.24, 2.45) is 0 Å². The normalized spacial score (nSPS) is 11.1. The first-order chi connectivity index (χ1) is 7.20. The minimum Gasteiger partial charge on any atom is -0.478 e. The number of benzene rings is 1. The molecule has 0 radical (unpaired) electrons. The number of halogens is 1. The number of nitrogens with two attached hydrogens (primary N) is 1. The minimum atomic E-state index is -5.21. The summed E-state index contributed by atoms with van der Waals surface area (Å²) in [5.74, 6) is -1.76. The molecule has 0 spiro atoms. The van der Waals surface area contributed by atoms with E-state index in [-0.39, 0.29) is 16.8 Å². The van der Waals surface area contributed by atoms with Gasteiger partial charge in [-0.2, -0.15) is 8.42 Å². The largest absolute Gasteiger partial charge is 0.488 e. The minimum absolute atomic E-state index is 0.0251. The zero-order valence-electron chi connectivity index (χ0n) is 8.10. The van der Waals surface area contributed by atoms with E-state index in [1.165, 1.54) is 6.92 Å². The maximum atomic E-state index is 12.3. The third-order valence-electron chi connectivity index (χ3n) is 1.80. The van der Waals surface area contributed by atoms with Gasteiger partial charge in [-0.3, -0.25) is 0 Å². The number of carboxylic acids is 1. The van der Waals surface area contributed by atoms with Gasteiger partial charge in [-0.1, -0.05) is 3.89 Å². The molecule has 0 bridgehead atoms. The molecule has 6 nitrogen and oxygen atoms in total. The van der Waals surface area contributed by atoms with Crippen LogP contribution in [0.5, 0.6) is 5.75 Å². The van der Waals surface area contributed by atoms with E-state index >= 15 is 0 Å². The first-order valence-electron chi connectivity index (χ1n) is 3.98. The van der Waals surface area contributed by atoms with Gasteiger partial charge in [0.1, 0.15) is 0 Å². The molecule has 0 aromatic heterocycles. The van der Waals surface area contributed by atoms with Crippen molar-refractivity contribution in [1.82, 2.24) is 0 Å². The lowest BCUT2D eigenvalue weighted by molar-refractivity contribution is 0.0695. The number of anilines is 1. The average Bonchev–Trinajstić information content (AvgIpc) is 2.07. The first kappa shape index (κ1) is 12.2. The molecule has 1 aromatic rings. The Kier molecular flexibility index (Phi) is 3.04. The molecule has 0 heterocycles. The summed E-state index contributed by atoms with van der Waals surface area (Å²) in [6.07, 6.45) is 0. The number of aromatic carboxylic acids is 1. The highest BCUT2D eigenvalue weighted by molar-refractivity contribution is 7.81. The molecule has 0 atom stereocenters. The average molecular weight is 249 g/mol. The smallest absolute Gasteiger partial charge is 0.478 e. The second-order valence-electron chi connectivity index (χ2n) is 2.97. The topological polar surface area (TPSA) is 107 Å². The highest BCUT2D eigenvalue weighted by atomic mass is 32.3. The van der Waals surface area contributed by atoms with Crippen molar-refractivity contribution >= 4 is 22.2 Å². The maximum absolute atomic E-state index is 12.3. The van der Waals surface area contributed by atoms with Crippen molar-refractivity contribution in [1.29, 1.82) is 0 Å². The van der Waals surface area contributed by atoms with Crippen molar-refractivity contribution in [3.63, 3.8) is 0 Å². The fourth-order valence-electron chi connectivity index (χ4n) is 1.12. The molecule has 0 amide bonds. The Morgan fingerprint density at radius 2 is 2.06 bits per heavy atom. The third-order valence-corrected chi connectivity index (χ3v) is 2.18. The summed E-state index contributed by atoms with van der Waals surface area (Å²) in [6, 6.07) is 2.15. The number of nitrogen functional groups attached to an aromatic ring is 1. The fourth-order valence-corrected chi connectivity index (χ4v) is 1.51. The first-order valence-corrected chi connectivity index (χ1v) is 5.29. The summed E-state index contributed by atoms with van der Waals surface area (Å²) in [7, 11) is -5.21. The molecule has 0 aliphatic heterocycles. The van der Waals surface area contributed by atoms with Gasteiger partial charge < -0.3 is 15.0 Å². The van der Waals surface area contributed by atoms with Crippen molar-refractivity contribution in [3.8, 4) is 5.75 Å². The quantitative estimate of drug-likeness (QED) is 0.608. The van der Waals surface area contributed by atoms with Gasteiger partial charge in [0.2, 0.25) is 0 Å². The Morgan fingerprint density at radius 1 is 1.50 bits per heavy atom. The van der Waals surface area contributed by atoms with Gasteiger partial charge in [0.05, 0.1) is 5.56 Å². The Hall–Kier alpha value is -1.83. The Morgan fingerprint density at radius 3 is 2.50 bits per heavy atom. The summed E-state index contributed by atoms with van der Waals surface area (Å²) in [5, 5.41) is 8.76. The molecule has 1 aromatic carbocycles. The maximum Gasteiger partial charge on any atom is 0.488 e. The van der Waals surface area contributed by atoms with Gasteiger partial charge in [-0.15, -0.1) is 0 Å². The van der Waals surface area contributed by atoms with E-state index in [9.17, 15) is 17.1 Å². The predicted octanol–water partition coefficient (Wildman–Crippen LogP) is 0.869. The second-order valence-corrected chi connectivity index (χ2v) is 3.93. The van der Waals surface area contributed by atoms with Crippen LogP contribution in [-0.4, -0.2) is 19.5 Å². The van der Waals surface area contributed by atoms with Crippen molar-refractivity contribution < 1.29 is 26.4 Å². The molecule has 8 heteroatoms. The van der Waals surface area contributed by atoms with Crippen LogP contribution >= 0.6 is 0 Å². The highest BCUT2D eigenvalue weighted by Gasteiger charge is 2.17. The second kappa shape index (κ2) is 3.97. The van der Waals surface area contributed by atoms with E-state index < -0.39 is 22.2 Å². The molecular formula is C8H8FNO5S. The van der Waals surface area contributed by atoms with Gasteiger partial charge in [-0.05, 0) is 13.0 Å². The fraction of sp³-hybridized carbons (Fsp3) is 0.125. The zero-order chi connectivity index (χ0) is 12.5. The Labute approximate surface area is 90.9 Å². The summed E-state index contributed by atoms with van der Waals surface area (Å²) >= 11 is 0. The van der Waals surface area contributed by atoms with Crippen LogP contribution in [-0.2, 0) is 10.5 Å². The van der Waals surface area contributed by atoms with Crippen molar-refractivity contribution in [2.75, 3.05) is 5.73 Å². The van der Waals surface area contributed by atoms with Gasteiger partial charge in [-0.25, -0.2) is 4.79 Å². The van der Waals surface area contributed by atoms with Crippen LogP contribution in [0.25, 0.3) is 0 Å². The lowest BCUT2D eigenvalue weighted by Gasteiger charge is -2.08. The number of hydrogen-bond acceptors (Lipinski definition) is 5. The number of hydrogen-bond donors (Lipinski definition) is 2. The van der Waals surface area contributed by atoms with E-state index in [0.717, 1.165) is 12.1 Å². The number of rotatable bonds is 3. The SMILES string of the molecule is Cc1c(OS(=O)(=O)F)cc(N)cc1C(=O)O. The number of carboxylic acid groups (broad SMARTS) is 1. The summed E-state index contributed by atoms with van der Waals surface area (Å²) in [5.41, 5.74) is 5.01. The van der Waals surface area contributed by atoms with E-state index in [0.29, 0.717) is 0 Å². The van der Waals surface area contributed by atoms with Crippen LogP contribution < -0.4 is 9.92 Å². The van der Waals surface area contributed by atoms with Gasteiger partial charge in [0, 0.05) is 17.3 Å². The van der Waals surface area contributed by atoms with E-state index in [1.54, 1.807) is 0 Å². The number of carbonyl (C=O) groups is 1. The summed E-state index contributed by atoms with van der Waals surface area (Å²) in [4.78, 5) is 10.7. The molecule has 0 saturated carbocycles. The lowest BCUT2D eigenvalue weighted by Crippen LogP contribution is -2.07. The van der Waals surface area contributed by atoms with Crippen LogP contribution in [0.2, 0.25) is 0 Å². The molecule has 16 heavy (non-hydrogen) atoms. The highest BCUT2D eigenvalue weighted by Crippen LogP contribution is 2.26. The Bertz CT molecular complexity index is 540. The zero-order valence-corrected chi connectivity index (χ0v) is 8.91. The molecule has 88 valence electrons. The van der Waals surface area contributed by atoms with Crippen LogP contribution in [0.4, 0.5) is 9.57 Å². The predicted molar refractivity (Wildman–Crippen MR) is 53.2 cm³/mol. The van der Waals surface area contributed by atoms with Crippen LogP contribution in [0, 0.1) is 6.92 Å². The molecule has 3 N–H and O–H groups in total. The standard InChI is InChI=1S/C8H8FNO5S/c1-4-6(8(11)12)2-5(10)3-7(4)15-16(9,13)14/h2-3H,10H2,1H3,(H,11,12). The third kappa shape index (κ3) is 2.83. The van der Waals surface area contributed by atoms with Crippen LogP contribution in [0.1, 0.15) is 15.9 Å². The van der Waals surface area contributed by atoms with Crippen LogP contribution in [0.15, 0.2) is 12.1 Å². The van der Waals surface area contributed by atoms with Gasteiger partial charge in [0.25, 0.3) is 0 Å². The monoisotopic (exact) mass is 249 g/mol. The molecule has 1 rings (SSSR count). The molecule has 0 fully saturated rings. The van der Waals surface area contributed by atoms with Gasteiger partial charge >= 0.3 is 16.5 Å². The molecule has 0 aliphatic carbocycles. The van der Waals surface area contributed by atoms with E-state index in [1.807, 2.05) is 0 Å².